The van der Waals surface area contributed by atoms with Crippen LogP contribution < -0.4 is 4.74 Å². The molecule has 210 valence electrons. The summed E-state index contributed by atoms with van der Waals surface area (Å²) in [6, 6.07) is 15.6. The molecule has 2 aromatic carbocycles. The molecule has 3 aromatic rings. The Balaban J connectivity index is 1.30. The highest BCUT2D eigenvalue weighted by molar-refractivity contribution is 6.76. The van der Waals surface area contributed by atoms with E-state index in [2.05, 4.69) is 50.0 Å². The van der Waals surface area contributed by atoms with Crippen LogP contribution in [0.2, 0.25) is 30.7 Å². The molecule has 0 unspecified atom stereocenters. The summed E-state index contributed by atoms with van der Waals surface area (Å²) in [5.74, 6) is 0.666. The molecule has 3 fully saturated rings. The highest BCUT2D eigenvalue weighted by Crippen LogP contribution is 2.48. The molecule has 39 heavy (non-hydrogen) atoms. The predicted molar refractivity (Wildman–Crippen MR) is 154 cm³/mol. The average Bonchev–Trinajstić information content (AvgIpc) is 3.32. The predicted octanol–water partition coefficient (Wildman–Crippen LogP) is 5.20. The van der Waals surface area contributed by atoms with E-state index in [1.165, 1.54) is 5.56 Å². The maximum atomic E-state index is 10.2. The maximum Gasteiger partial charge on any atom is 0.196 e. The first-order chi connectivity index (χ1) is 18.7. The van der Waals surface area contributed by atoms with E-state index >= 15 is 0 Å². The van der Waals surface area contributed by atoms with E-state index in [0.717, 1.165) is 40.9 Å². The van der Waals surface area contributed by atoms with Gasteiger partial charge in [-0.3, -0.25) is 4.57 Å². The molecule has 1 aliphatic carbocycles. The Bertz CT molecular complexity index is 1330. The Labute approximate surface area is 235 Å². The van der Waals surface area contributed by atoms with Gasteiger partial charge in [0.2, 0.25) is 0 Å². The van der Waals surface area contributed by atoms with Crippen molar-refractivity contribution in [1.29, 1.82) is 0 Å². The SMILES string of the molecule is C[Si](C)(C)CCOCn1c(O[C@@H]2CO[C@H]3[C@@H]2OC[C@H]3O)cc2cc(-c3ccc(C4(CO)CC4)cc3)c(Cl)cc21. The molecule has 7 nitrogen and oxygen atoms in total. The van der Waals surface area contributed by atoms with Crippen molar-refractivity contribution >= 4 is 30.6 Å². The standard InChI is InChI=1S/C30H38ClNO6Si/c1-39(2,3)11-10-35-18-32-24-14-23(31)22(19-4-6-21(7-5-19)30(17-33)8-9-30)12-20(24)13-27(32)38-26-16-37-28-25(34)15-36-29(26)28/h4-7,12-14,25-26,28-29,33-34H,8-11,15-18H2,1-3H3/t25-,26-,28-,29-/m1/s1. The lowest BCUT2D eigenvalue weighted by Crippen LogP contribution is -2.35. The number of ether oxygens (including phenoxy) is 4. The molecule has 6 rings (SSSR count). The zero-order valence-corrected chi connectivity index (χ0v) is 24.6. The fourth-order valence-corrected chi connectivity index (χ4v) is 6.66. The van der Waals surface area contributed by atoms with Gasteiger partial charge in [-0.2, -0.15) is 0 Å². The molecule has 4 atom stereocenters. The molecule has 9 heteroatoms. The molecular formula is C30H38ClNO6Si. The molecule has 2 aliphatic heterocycles. The van der Waals surface area contributed by atoms with Gasteiger partial charge in [-0.15, -0.1) is 0 Å². The summed E-state index contributed by atoms with van der Waals surface area (Å²) in [5.41, 5.74) is 4.02. The summed E-state index contributed by atoms with van der Waals surface area (Å²) in [6.45, 7) is 8.86. The van der Waals surface area contributed by atoms with Crippen LogP contribution in [0.5, 0.6) is 5.88 Å². The fourth-order valence-electron chi connectivity index (χ4n) is 5.64. The molecule has 0 spiro atoms. The smallest absolute Gasteiger partial charge is 0.196 e. The second kappa shape index (κ2) is 10.5. The largest absolute Gasteiger partial charge is 0.470 e. The Kier molecular flexibility index (Phi) is 7.33. The lowest BCUT2D eigenvalue weighted by Gasteiger charge is -2.20. The number of aliphatic hydroxyl groups excluding tert-OH is 2. The molecule has 2 N–H and O–H groups in total. The molecule has 3 heterocycles. The van der Waals surface area contributed by atoms with Crippen LogP contribution in [0.3, 0.4) is 0 Å². The van der Waals surface area contributed by atoms with Crippen LogP contribution in [0, 0.1) is 0 Å². The third-order valence-electron chi connectivity index (χ3n) is 8.39. The third-order valence-corrected chi connectivity index (χ3v) is 10.4. The normalized spacial score (nSPS) is 25.8. The van der Waals surface area contributed by atoms with Crippen molar-refractivity contribution in [3.63, 3.8) is 0 Å². The van der Waals surface area contributed by atoms with Crippen molar-refractivity contribution in [2.24, 2.45) is 0 Å². The van der Waals surface area contributed by atoms with Crippen molar-refractivity contribution in [1.82, 2.24) is 4.57 Å². The van der Waals surface area contributed by atoms with Gasteiger partial charge in [0.1, 0.15) is 25.0 Å². The van der Waals surface area contributed by atoms with E-state index in [9.17, 15) is 10.2 Å². The van der Waals surface area contributed by atoms with Crippen LogP contribution in [-0.4, -0.2) is 73.7 Å². The Morgan fingerprint density at radius 3 is 2.49 bits per heavy atom. The first-order valence-corrected chi connectivity index (χ1v) is 18.0. The first-order valence-electron chi connectivity index (χ1n) is 13.9. The van der Waals surface area contributed by atoms with Crippen molar-refractivity contribution in [2.45, 2.75) is 75.1 Å². The van der Waals surface area contributed by atoms with Gasteiger partial charge >= 0.3 is 0 Å². The summed E-state index contributed by atoms with van der Waals surface area (Å²) in [7, 11) is -1.22. The third kappa shape index (κ3) is 5.40. The van der Waals surface area contributed by atoms with Gasteiger partial charge in [-0.25, -0.2) is 0 Å². The van der Waals surface area contributed by atoms with Gasteiger partial charge in [0.05, 0.1) is 30.4 Å². The van der Waals surface area contributed by atoms with E-state index in [4.69, 9.17) is 30.5 Å². The molecule has 0 radical (unpaired) electrons. The number of aromatic nitrogens is 1. The number of aliphatic hydroxyl groups is 2. The number of rotatable bonds is 10. The van der Waals surface area contributed by atoms with E-state index in [0.29, 0.717) is 30.8 Å². The Morgan fingerprint density at radius 1 is 1.05 bits per heavy atom. The molecule has 0 amide bonds. The summed E-state index contributed by atoms with van der Waals surface area (Å²) in [4.78, 5) is 0. The van der Waals surface area contributed by atoms with Gasteiger partial charge in [0.25, 0.3) is 0 Å². The van der Waals surface area contributed by atoms with Crippen LogP contribution >= 0.6 is 11.6 Å². The number of halogens is 1. The number of fused-ring (bicyclic) bond motifs is 2. The lowest BCUT2D eigenvalue weighted by atomic mass is 9.94. The minimum atomic E-state index is -1.22. The highest BCUT2D eigenvalue weighted by Gasteiger charge is 2.48. The maximum absolute atomic E-state index is 10.2. The Morgan fingerprint density at radius 2 is 1.79 bits per heavy atom. The molecule has 0 bridgehead atoms. The van der Waals surface area contributed by atoms with Crippen molar-refractivity contribution in [3.8, 4) is 17.0 Å². The zero-order chi connectivity index (χ0) is 27.4. The molecule has 2 saturated heterocycles. The van der Waals surface area contributed by atoms with Crippen molar-refractivity contribution in [3.05, 3.63) is 53.1 Å². The van der Waals surface area contributed by atoms with Gasteiger partial charge in [-0.05, 0) is 42.1 Å². The molecule has 1 aromatic heterocycles. The van der Waals surface area contributed by atoms with E-state index in [1.54, 1.807) is 0 Å². The van der Waals surface area contributed by atoms with Crippen LogP contribution in [0.25, 0.3) is 22.0 Å². The van der Waals surface area contributed by atoms with E-state index in [-0.39, 0.29) is 36.9 Å². The molecule has 3 aliphatic rings. The van der Waals surface area contributed by atoms with Crippen LogP contribution in [0.4, 0.5) is 0 Å². The average molecular weight is 572 g/mol. The monoisotopic (exact) mass is 571 g/mol. The second-order valence-electron chi connectivity index (χ2n) is 12.5. The zero-order valence-electron chi connectivity index (χ0n) is 22.9. The Hall–Kier alpha value is -1.91. The topological polar surface area (TPSA) is 82.3 Å². The van der Waals surface area contributed by atoms with Gasteiger partial charge in [-0.1, -0.05) is 55.5 Å². The van der Waals surface area contributed by atoms with Crippen molar-refractivity contribution < 1.29 is 29.2 Å². The lowest BCUT2D eigenvalue weighted by molar-refractivity contribution is 0.00479. The minimum absolute atomic E-state index is 0.0622. The second-order valence-corrected chi connectivity index (χ2v) is 18.5. The molecule has 1 saturated carbocycles. The van der Waals surface area contributed by atoms with E-state index < -0.39 is 14.2 Å². The van der Waals surface area contributed by atoms with Crippen LogP contribution in [-0.2, 0) is 26.4 Å². The van der Waals surface area contributed by atoms with E-state index in [1.807, 2.05) is 16.7 Å². The van der Waals surface area contributed by atoms with Gasteiger partial charge in [0.15, 0.2) is 12.0 Å². The first kappa shape index (κ1) is 27.3. The van der Waals surface area contributed by atoms with Crippen molar-refractivity contribution in [2.75, 3.05) is 26.4 Å². The van der Waals surface area contributed by atoms with Gasteiger partial charge in [0, 0.05) is 37.1 Å². The quantitative estimate of drug-likeness (QED) is 0.257. The highest BCUT2D eigenvalue weighted by atomic mass is 35.5. The molecular weight excluding hydrogens is 534 g/mol. The fraction of sp³-hybridized carbons (Fsp3) is 0.533. The summed E-state index contributed by atoms with van der Waals surface area (Å²) in [6.07, 6.45) is 0.462. The van der Waals surface area contributed by atoms with Gasteiger partial charge < -0.3 is 29.2 Å². The minimum Gasteiger partial charge on any atom is -0.470 e. The number of hydrogen-bond acceptors (Lipinski definition) is 6. The number of hydrogen-bond donors (Lipinski definition) is 2. The van der Waals surface area contributed by atoms with Crippen LogP contribution in [0.1, 0.15) is 18.4 Å². The number of benzene rings is 2. The summed E-state index contributed by atoms with van der Waals surface area (Å²) >= 11 is 6.87. The summed E-state index contributed by atoms with van der Waals surface area (Å²) in [5, 5.41) is 21.6. The van der Waals surface area contributed by atoms with Crippen LogP contribution in [0.15, 0.2) is 42.5 Å². The summed E-state index contributed by atoms with van der Waals surface area (Å²) < 4.78 is 26.2. The number of nitrogens with zero attached hydrogens (tertiary/aromatic N) is 1.